The topological polar surface area (TPSA) is 43.7 Å². The summed E-state index contributed by atoms with van der Waals surface area (Å²) >= 11 is 0. The lowest BCUT2D eigenvalue weighted by atomic mass is 10.1. The van der Waals surface area contributed by atoms with Crippen LogP contribution in [0.1, 0.15) is 36.8 Å². The molecule has 20 heavy (non-hydrogen) atoms. The van der Waals surface area contributed by atoms with Crippen molar-refractivity contribution in [2.75, 3.05) is 19.8 Å². The van der Waals surface area contributed by atoms with Gasteiger partial charge in [0, 0.05) is 18.2 Å². The highest BCUT2D eigenvalue weighted by atomic mass is 16.3. The zero-order valence-electron chi connectivity index (χ0n) is 11.9. The molecular formula is C17H23NO2. The van der Waals surface area contributed by atoms with E-state index in [4.69, 9.17) is 5.11 Å². The van der Waals surface area contributed by atoms with E-state index in [0.29, 0.717) is 0 Å². The predicted octanol–water partition coefficient (Wildman–Crippen LogP) is 1.77. The summed E-state index contributed by atoms with van der Waals surface area (Å²) in [5.41, 5.74) is 2.15. The number of hydrogen-bond acceptors (Lipinski definition) is 3. The molecule has 1 aliphatic heterocycles. The number of rotatable bonds is 3. The van der Waals surface area contributed by atoms with Crippen LogP contribution < -0.4 is 0 Å². The third-order valence-electron chi connectivity index (χ3n) is 3.90. The Balaban J connectivity index is 2.15. The van der Waals surface area contributed by atoms with Crippen LogP contribution in [0.4, 0.5) is 0 Å². The Labute approximate surface area is 121 Å². The van der Waals surface area contributed by atoms with Gasteiger partial charge in [0.15, 0.2) is 0 Å². The molecule has 1 fully saturated rings. The Hall–Kier alpha value is -1.34. The molecule has 0 saturated carbocycles. The smallest absolute Gasteiger partial charge is 0.104 e. The molecule has 1 unspecified atom stereocenters. The normalized spacial score (nSPS) is 20.0. The van der Waals surface area contributed by atoms with Gasteiger partial charge in [0.2, 0.25) is 0 Å². The number of benzene rings is 1. The Morgan fingerprint density at radius 3 is 2.80 bits per heavy atom. The Morgan fingerprint density at radius 2 is 2.00 bits per heavy atom. The monoisotopic (exact) mass is 273 g/mol. The molecule has 0 radical (unpaired) electrons. The van der Waals surface area contributed by atoms with Crippen LogP contribution in [0.3, 0.4) is 0 Å². The van der Waals surface area contributed by atoms with Crippen LogP contribution in [0.15, 0.2) is 24.3 Å². The maximum atomic E-state index is 9.57. The molecule has 3 heteroatoms. The van der Waals surface area contributed by atoms with Crippen LogP contribution in [-0.2, 0) is 6.54 Å². The third-order valence-corrected chi connectivity index (χ3v) is 3.90. The summed E-state index contributed by atoms with van der Waals surface area (Å²) < 4.78 is 0. The first kappa shape index (κ1) is 15.1. The van der Waals surface area contributed by atoms with E-state index in [2.05, 4.69) is 22.8 Å². The van der Waals surface area contributed by atoms with Gasteiger partial charge >= 0.3 is 0 Å². The maximum Gasteiger partial charge on any atom is 0.104 e. The molecule has 0 aromatic heterocycles. The first-order chi connectivity index (χ1) is 9.85. The highest BCUT2D eigenvalue weighted by Crippen LogP contribution is 2.20. The number of aliphatic hydroxyl groups is 2. The van der Waals surface area contributed by atoms with Crippen LogP contribution in [-0.4, -0.2) is 40.9 Å². The highest BCUT2D eigenvalue weighted by Gasteiger charge is 2.20. The summed E-state index contributed by atoms with van der Waals surface area (Å²) in [6.07, 6.45) is 4.72. The van der Waals surface area contributed by atoms with Gasteiger partial charge < -0.3 is 10.2 Å². The van der Waals surface area contributed by atoms with Crippen molar-refractivity contribution in [1.29, 1.82) is 0 Å². The molecule has 2 N–H and O–H groups in total. The molecule has 1 aliphatic rings. The van der Waals surface area contributed by atoms with Crippen molar-refractivity contribution in [3.05, 3.63) is 35.4 Å². The van der Waals surface area contributed by atoms with Crippen molar-refractivity contribution >= 4 is 0 Å². The van der Waals surface area contributed by atoms with E-state index in [1.54, 1.807) is 0 Å². The highest BCUT2D eigenvalue weighted by molar-refractivity contribution is 5.41. The lowest BCUT2D eigenvalue weighted by Gasteiger charge is -2.28. The summed E-state index contributed by atoms with van der Waals surface area (Å²) in [7, 11) is 0. The van der Waals surface area contributed by atoms with E-state index in [9.17, 15) is 5.11 Å². The van der Waals surface area contributed by atoms with Crippen molar-refractivity contribution in [3.8, 4) is 11.8 Å². The van der Waals surface area contributed by atoms with Crippen molar-refractivity contribution < 1.29 is 10.2 Å². The van der Waals surface area contributed by atoms with Crippen molar-refractivity contribution in [1.82, 2.24) is 4.90 Å². The number of hydrogen-bond donors (Lipinski definition) is 2. The second-order valence-electron chi connectivity index (χ2n) is 5.27. The first-order valence-corrected chi connectivity index (χ1v) is 7.37. The number of likely N-dealkylation sites (tertiary alicyclic amines) is 1. The zero-order chi connectivity index (χ0) is 14.2. The van der Waals surface area contributed by atoms with E-state index in [1.165, 1.54) is 24.8 Å². The van der Waals surface area contributed by atoms with E-state index in [0.717, 1.165) is 25.1 Å². The van der Waals surface area contributed by atoms with Gasteiger partial charge in [-0.25, -0.2) is 0 Å². The number of aliphatic hydroxyl groups excluding tert-OH is 2. The quantitative estimate of drug-likeness (QED) is 0.825. The van der Waals surface area contributed by atoms with E-state index < -0.39 is 0 Å². The number of nitrogens with zero attached hydrogens (tertiary/aromatic N) is 1. The molecule has 108 valence electrons. The zero-order valence-corrected chi connectivity index (χ0v) is 11.9. The molecule has 0 aliphatic carbocycles. The standard InChI is InChI=1S/C17H23NO2/c19-12-6-9-15-7-3-4-8-16(15)13-18-11-5-1-2-10-17(18)14-20/h3-4,7-8,17,19-20H,1-2,5,10-14H2. The van der Waals surface area contributed by atoms with Gasteiger partial charge in [-0.05, 0) is 31.0 Å². The lowest BCUT2D eigenvalue weighted by Crippen LogP contribution is -2.37. The molecule has 0 bridgehead atoms. The van der Waals surface area contributed by atoms with Gasteiger partial charge in [0.25, 0.3) is 0 Å². The molecule has 3 nitrogen and oxygen atoms in total. The maximum absolute atomic E-state index is 9.57. The summed E-state index contributed by atoms with van der Waals surface area (Å²) in [6.45, 7) is 1.97. The molecule has 1 aromatic carbocycles. The van der Waals surface area contributed by atoms with Gasteiger partial charge in [0.1, 0.15) is 6.61 Å². The van der Waals surface area contributed by atoms with Crippen molar-refractivity contribution in [2.24, 2.45) is 0 Å². The van der Waals surface area contributed by atoms with Gasteiger partial charge in [-0.1, -0.05) is 42.9 Å². The largest absolute Gasteiger partial charge is 0.395 e. The Morgan fingerprint density at radius 1 is 1.15 bits per heavy atom. The fraction of sp³-hybridized carbons (Fsp3) is 0.529. The van der Waals surface area contributed by atoms with Crippen LogP contribution in [0.2, 0.25) is 0 Å². The average molecular weight is 273 g/mol. The molecule has 1 aromatic rings. The molecule has 1 atom stereocenters. The van der Waals surface area contributed by atoms with E-state index in [-0.39, 0.29) is 19.3 Å². The second kappa shape index (κ2) is 8.06. The summed E-state index contributed by atoms with van der Waals surface area (Å²) in [6, 6.07) is 8.32. The van der Waals surface area contributed by atoms with Crippen LogP contribution >= 0.6 is 0 Å². The van der Waals surface area contributed by atoms with Crippen molar-refractivity contribution in [2.45, 2.75) is 38.3 Å². The average Bonchev–Trinajstić information content (AvgIpc) is 2.71. The van der Waals surface area contributed by atoms with Gasteiger partial charge in [0.05, 0.1) is 6.61 Å². The van der Waals surface area contributed by atoms with Gasteiger partial charge in [-0.15, -0.1) is 0 Å². The minimum Gasteiger partial charge on any atom is -0.395 e. The molecule has 0 amide bonds. The minimum absolute atomic E-state index is 0.114. The Kier molecular flexibility index (Phi) is 6.07. The predicted molar refractivity (Wildman–Crippen MR) is 80.2 cm³/mol. The lowest BCUT2D eigenvalue weighted by molar-refractivity contribution is 0.118. The Bertz CT molecular complexity index is 475. The molecule has 1 heterocycles. The van der Waals surface area contributed by atoms with Crippen LogP contribution in [0, 0.1) is 11.8 Å². The fourth-order valence-electron chi connectivity index (χ4n) is 2.79. The third kappa shape index (κ3) is 4.08. The molecule has 2 rings (SSSR count). The molecule has 1 saturated heterocycles. The summed E-state index contributed by atoms with van der Waals surface area (Å²) in [5, 5.41) is 18.4. The second-order valence-corrected chi connectivity index (χ2v) is 5.27. The van der Waals surface area contributed by atoms with E-state index in [1.807, 2.05) is 18.2 Å². The first-order valence-electron chi connectivity index (χ1n) is 7.37. The minimum atomic E-state index is -0.114. The summed E-state index contributed by atoms with van der Waals surface area (Å²) in [5.74, 6) is 5.73. The molecular weight excluding hydrogens is 250 g/mol. The van der Waals surface area contributed by atoms with Crippen LogP contribution in [0.5, 0.6) is 0 Å². The fourth-order valence-corrected chi connectivity index (χ4v) is 2.79. The van der Waals surface area contributed by atoms with Crippen molar-refractivity contribution in [3.63, 3.8) is 0 Å². The summed E-state index contributed by atoms with van der Waals surface area (Å²) in [4.78, 5) is 2.37. The van der Waals surface area contributed by atoms with Gasteiger partial charge in [-0.3, -0.25) is 4.90 Å². The molecule has 0 spiro atoms. The van der Waals surface area contributed by atoms with E-state index >= 15 is 0 Å². The SMILES string of the molecule is OCC#Cc1ccccc1CN1CCCCCC1CO. The van der Waals surface area contributed by atoms with Crippen LogP contribution in [0.25, 0.3) is 0 Å². The van der Waals surface area contributed by atoms with Gasteiger partial charge in [-0.2, -0.15) is 0 Å².